The lowest BCUT2D eigenvalue weighted by Gasteiger charge is -2.32. The maximum absolute atomic E-state index is 11.6. The molecule has 0 radical (unpaired) electrons. The summed E-state index contributed by atoms with van der Waals surface area (Å²) in [5.74, 6) is 0.422. The van der Waals surface area contributed by atoms with E-state index in [1.54, 1.807) is 4.31 Å². The van der Waals surface area contributed by atoms with Crippen LogP contribution >= 0.6 is 11.6 Å². The Bertz CT molecular complexity index is 375. The largest absolute Gasteiger partial charge is 0.213 e. The lowest BCUT2D eigenvalue weighted by atomic mass is 9.87. The van der Waals surface area contributed by atoms with Crippen LogP contribution in [-0.2, 0) is 10.0 Å². The molecule has 1 rings (SSSR count). The maximum atomic E-state index is 11.6. The second-order valence-corrected chi connectivity index (χ2v) is 9.66. The Labute approximate surface area is 123 Å². The number of sulfonamides is 1. The molecule has 2 atom stereocenters. The van der Waals surface area contributed by atoms with E-state index < -0.39 is 10.0 Å². The second kappa shape index (κ2) is 6.77. The minimum absolute atomic E-state index is 0.170. The van der Waals surface area contributed by atoms with E-state index in [0.717, 1.165) is 32.1 Å². The van der Waals surface area contributed by atoms with Gasteiger partial charge >= 0.3 is 0 Å². The third kappa shape index (κ3) is 6.96. The van der Waals surface area contributed by atoms with Crippen LogP contribution in [0.5, 0.6) is 0 Å². The molecule has 0 bridgehead atoms. The molecule has 0 aromatic rings. The minimum atomic E-state index is -3.04. The summed E-state index contributed by atoms with van der Waals surface area (Å²) in [6.07, 6.45) is 6.42. The van der Waals surface area contributed by atoms with Crippen molar-refractivity contribution in [3.05, 3.63) is 0 Å². The van der Waals surface area contributed by atoms with Crippen LogP contribution in [0.1, 0.15) is 52.9 Å². The summed E-state index contributed by atoms with van der Waals surface area (Å²) in [6, 6.07) is 0. The van der Waals surface area contributed by atoms with E-state index in [9.17, 15) is 8.42 Å². The highest BCUT2D eigenvalue weighted by molar-refractivity contribution is 7.88. The molecule has 0 aliphatic carbocycles. The summed E-state index contributed by atoms with van der Waals surface area (Å²) in [5.41, 5.74) is 0.318. The summed E-state index contributed by atoms with van der Waals surface area (Å²) < 4.78 is 24.7. The number of hydrogen-bond acceptors (Lipinski definition) is 2. The molecular weight excluding hydrogens is 282 g/mol. The number of halogens is 1. The molecule has 1 aliphatic heterocycles. The number of hydrogen-bond donors (Lipinski definition) is 0. The quantitative estimate of drug-likeness (QED) is 0.729. The Balaban J connectivity index is 2.40. The van der Waals surface area contributed by atoms with E-state index in [2.05, 4.69) is 20.8 Å². The van der Waals surface area contributed by atoms with Crippen molar-refractivity contribution >= 4 is 21.6 Å². The Hall–Kier alpha value is 0.200. The fourth-order valence-electron chi connectivity index (χ4n) is 2.59. The van der Waals surface area contributed by atoms with E-state index in [0.29, 0.717) is 24.4 Å². The molecule has 3 nitrogen and oxygen atoms in total. The molecule has 114 valence electrons. The Kier molecular flexibility index (Phi) is 6.15. The first-order valence-electron chi connectivity index (χ1n) is 7.17. The van der Waals surface area contributed by atoms with Gasteiger partial charge < -0.3 is 0 Å². The van der Waals surface area contributed by atoms with Crippen LogP contribution in [0.25, 0.3) is 0 Å². The molecule has 1 saturated heterocycles. The molecular formula is C14H28ClNO2S. The highest BCUT2D eigenvalue weighted by Crippen LogP contribution is 2.29. The van der Waals surface area contributed by atoms with Crippen molar-refractivity contribution in [2.75, 3.05) is 19.3 Å². The summed E-state index contributed by atoms with van der Waals surface area (Å²) in [4.78, 5) is 0. The highest BCUT2D eigenvalue weighted by atomic mass is 35.5. The van der Waals surface area contributed by atoms with Gasteiger partial charge in [0.05, 0.1) is 6.26 Å². The first kappa shape index (κ1) is 17.3. The van der Waals surface area contributed by atoms with E-state index in [1.807, 2.05) is 0 Å². The van der Waals surface area contributed by atoms with Crippen molar-refractivity contribution in [2.24, 2.45) is 11.3 Å². The van der Waals surface area contributed by atoms with Crippen molar-refractivity contribution in [2.45, 2.75) is 58.3 Å². The topological polar surface area (TPSA) is 37.4 Å². The predicted octanol–water partition coefficient (Wildman–Crippen LogP) is 3.48. The van der Waals surface area contributed by atoms with Gasteiger partial charge in [-0.2, -0.15) is 0 Å². The van der Waals surface area contributed by atoms with Crippen LogP contribution in [-0.4, -0.2) is 37.4 Å². The van der Waals surface area contributed by atoms with Gasteiger partial charge in [0.15, 0.2) is 0 Å². The Morgan fingerprint density at radius 3 is 2.53 bits per heavy atom. The van der Waals surface area contributed by atoms with Crippen molar-refractivity contribution < 1.29 is 8.42 Å². The minimum Gasteiger partial charge on any atom is -0.213 e. The van der Waals surface area contributed by atoms with Gasteiger partial charge in [-0.1, -0.05) is 20.8 Å². The van der Waals surface area contributed by atoms with Gasteiger partial charge in [0.2, 0.25) is 10.0 Å². The van der Waals surface area contributed by atoms with Crippen LogP contribution < -0.4 is 0 Å². The van der Waals surface area contributed by atoms with E-state index in [4.69, 9.17) is 11.6 Å². The molecule has 0 saturated carbocycles. The van der Waals surface area contributed by atoms with Crippen LogP contribution in [0, 0.1) is 11.3 Å². The summed E-state index contributed by atoms with van der Waals surface area (Å²) in [7, 11) is -3.04. The number of piperidine rings is 1. The first-order valence-corrected chi connectivity index (χ1v) is 9.45. The van der Waals surface area contributed by atoms with Crippen molar-refractivity contribution in [3.8, 4) is 0 Å². The first-order chi connectivity index (χ1) is 8.58. The van der Waals surface area contributed by atoms with E-state index in [1.165, 1.54) is 6.26 Å². The zero-order chi connectivity index (χ0) is 14.7. The average Bonchev–Trinajstić information content (AvgIpc) is 2.25. The zero-order valence-corrected chi connectivity index (χ0v) is 14.2. The zero-order valence-electron chi connectivity index (χ0n) is 12.7. The lowest BCUT2D eigenvalue weighted by Crippen LogP contribution is -2.39. The standard InChI is InChI=1S/C14H28ClNO2S/c1-14(2,3)8-7-13(15)10-12-6-5-9-16(11-12)19(4,17)18/h12-13H,5-11H2,1-4H3. The van der Waals surface area contributed by atoms with Crippen molar-refractivity contribution in [1.29, 1.82) is 0 Å². The molecule has 2 unspecified atom stereocenters. The summed E-state index contributed by atoms with van der Waals surface area (Å²) in [6.45, 7) is 8.00. The van der Waals surface area contributed by atoms with E-state index in [-0.39, 0.29) is 5.38 Å². The fraction of sp³-hybridized carbons (Fsp3) is 1.00. The summed E-state index contributed by atoms with van der Waals surface area (Å²) in [5, 5.41) is 0.170. The third-order valence-electron chi connectivity index (χ3n) is 3.75. The fourth-order valence-corrected chi connectivity index (χ4v) is 3.89. The normalized spacial score (nSPS) is 24.4. The van der Waals surface area contributed by atoms with Gasteiger partial charge in [0.25, 0.3) is 0 Å². The maximum Gasteiger partial charge on any atom is 0.211 e. The molecule has 0 amide bonds. The van der Waals surface area contributed by atoms with Gasteiger partial charge in [-0.05, 0) is 43.4 Å². The van der Waals surface area contributed by atoms with Gasteiger partial charge in [0.1, 0.15) is 0 Å². The molecule has 1 heterocycles. The van der Waals surface area contributed by atoms with Gasteiger partial charge in [-0.3, -0.25) is 0 Å². The predicted molar refractivity (Wildman–Crippen MR) is 82.1 cm³/mol. The summed E-state index contributed by atoms with van der Waals surface area (Å²) >= 11 is 6.41. The number of rotatable bonds is 5. The molecule has 0 N–H and O–H groups in total. The third-order valence-corrected chi connectivity index (χ3v) is 5.41. The second-order valence-electron chi connectivity index (χ2n) is 7.06. The van der Waals surface area contributed by atoms with Crippen molar-refractivity contribution in [1.82, 2.24) is 4.31 Å². The molecule has 0 spiro atoms. The molecule has 5 heteroatoms. The molecule has 1 aliphatic rings. The van der Waals surface area contributed by atoms with Crippen LogP contribution in [0.2, 0.25) is 0 Å². The lowest BCUT2D eigenvalue weighted by molar-refractivity contribution is 0.249. The molecule has 0 aromatic carbocycles. The van der Waals surface area contributed by atoms with Gasteiger partial charge in [-0.25, -0.2) is 12.7 Å². The van der Waals surface area contributed by atoms with E-state index >= 15 is 0 Å². The number of nitrogens with zero attached hydrogens (tertiary/aromatic N) is 1. The Morgan fingerprint density at radius 2 is 2.00 bits per heavy atom. The molecule has 0 aromatic heterocycles. The average molecular weight is 310 g/mol. The van der Waals surface area contributed by atoms with Crippen molar-refractivity contribution in [3.63, 3.8) is 0 Å². The van der Waals surface area contributed by atoms with Crippen LogP contribution in [0.4, 0.5) is 0 Å². The molecule has 1 fully saturated rings. The van der Waals surface area contributed by atoms with Crippen LogP contribution in [0.3, 0.4) is 0 Å². The van der Waals surface area contributed by atoms with Gasteiger partial charge in [0, 0.05) is 18.5 Å². The monoisotopic (exact) mass is 309 g/mol. The smallest absolute Gasteiger partial charge is 0.211 e. The highest BCUT2D eigenvalue weighted by Gasteiger charge is 2.27. The van der Waals surface area contributed by atoms with Gasteiger partial charge in [-0.15, -0.1) is 11.6 Å². The number of alkyl halides is 1. The Morgan fingerprint density at radius 1 is 1.37 bits per heavy atom. The van der Waals surface area contributed by atoms with Crippen LogP contribution in [0.15, 0.2) is 0 Å². The molecule has 19 heavy (non-hydrogen) atoms. The SMILES string of the molecule is CC(C)(C)CCC(Cl)CC1CCCN(S(C)(=O)=O)C1.